The molecule has 1 aromatic carbocycles. The van der Waals surface area contributed by atoms with E-state index < -0.39 is 11.7 Å². The van der Waals surface area contributed by atoms with E-state index in [1.165, 1.54) is 4.68 Å². The van der Waals surface area contributed by atoms with Gasteiger partial charge in [-0.2, -0.15) is 5.10 Å². The Morgan fingerprint density at radius 3 is 2.46 bits per heavy atom. The fourth-order valence-electron chi connectivity index (χ4n) is 1.96. The van der Waals surface area contributed by atoms with Gasteiger partial charge in [0.2, 0.25) is 0 Å². The van der Waals surface area contributed by atoms with Crippen LogP contribution in [0.25, 0.3) is 5.69 Å². The summed E-state index contributed by atoms with van der Waals surface area (Å²) in [4.78, 5) is 23.6. The number of aromatic nitrogens is 2. The third kappa shape index (κ3) is 5.93. The Morgan fingerprint density at radius 2 is 1.81 bits per heavy atom. The molecule has 0 atom stereocenters. The van der Waals surface area contributed by atoms with Crippen molar-refractivity contribution in [2.75, 3.05) is 13.1 Å². The fraction of sp³-hybridized carbons (Fsp3) is 0.353. The summed E-state index contributed by atoms with van der Waals surface area (Å²) < 4.78 is 6.63. The second-order valence-electron chi connectivity index (χ2n) is 6.43. The first-order valence-corrected chi connectivity index (χ1v) is 8.67. The van der Waals surface area contributed by atoms with E-state index in [4.69, 9.17) is 27.9 Å². The molecule has 140 valence electrons. The van der Waals surface area contributed by atoms with Gasteiger partial charge in [0, 0.05) is 19.3 Å². The van der Waals surface area contributed by atoms with Crippen LogP contribution in [0.2, 0.25) is 10.0 Å². The number of alkyl carbamates (subject to hydrolysis) is 1. The van der Waals surface area contributed by atoms with Gasteiger partial charge in [0.25, 0.3) is 5.91 Å². The van der Waals surface area contributed by atoms with Crippen LogP contribution in [-0.4, -0.2) is 40.5 Å². The molecule has 0 aliphatic carbocycles. The number of ether oxygens (including phenoxy) is 1. The van der Waals surface area contributed by atoms with E-state index in [1.54, 1.807) is 51.2 Å². The number of rotatable bonds is 5. The Morgan fingerprint density at radius 1 is 1.12 bits per heavy atom. The zero-order valence-corrected chi connectivity index (χ0v) is 16.2. The van der Waals surface area contributed by atoms with Crippen LogP contribution in [0.1, 0.15) is 31.3 Å². The van der Waals surface area contributed by atoms with Crippen molar-refractivity contribution in [1.29, 1.82) is 0 Å². The molecular weight excluding hydrogens is 379 g/mol. The second kappa shape index (κ2) is 8.42. The van der Waals surface area contributed by atoms with Crippen molar-refractivity contribution in [3.05, 3.63) is 46.2 Å². The molecule has 0 radical (unpaired) electrons. The van der Waals surface area contributed by atoms with Crippen LogP contribution < -0.4 is 10.6 Å². The lowest BCUT2D eigenvalue weighted by atomic mass is 10.2. The van der Waals surface area contributed by atoms with Crippen molar-refractivity contribution in [2.45, 2.75) is 26.4 Å². The van der Waals surface area contributed by atoms with Gasteiger partial charge in [0.1, 0.15) is 5.60 Å². The fourth-order valence-corrected chi connectivity index (χ4v) is 2.25. The number of benzene rings is 1. The highest BCUT2D eigenvalue weighted by Gasteiger charge is 2.16. The molecule has 2 amide bonds. The van der Waals surface area contributed by atoms with Crippen molar-refractivity contribution in [1.82, 2.24) is 20.4 Å². The summed E-state index contributed by atoms with van der Waals surface area (Å²) in [5, 5.41) is 10.3. The summed E-state index contributed by atoms with van der Waals surface area (Å²) in [7, 11) is 0. The van der Waals surface area contributed by atoms with E-state index in [-0.39, 0.29) is 24.7 Å². The van der Waals surface area contributed by atoms with Gasteiger partial charge in [-0.3, -0.25) is 4.79 Å². The quantitative estimate of drug-likeness (QED) is 0.755. The Hall–Kier alpha value is -2.25. The summed E-state index contributed by atoms with van der Waals surface area (Å²) in [6.07, 6.45) is 1.11. The molecule has 0 saturated heterocycles. The molecular formula is C17H20Cl2N4O3. The molecule has 0 unspecified atom stereocenters. The predicted octanol–water partition coefficient (Wildman–Crippen LogP) is 3.43. The maximum atomic E-state index is 12.1. The minimum atomic E-state index is -0.565. The molecule has 2 rings (SSSR count). The van der Waals surface area contributed by atoms with Crippen molar-refractivity contribution in [3.8, 4) is 5.69 Å². The maximum Gasteiger partial charge on any atom is 0.407 e. The Kier molecular flexibility index (Phi) is 6.50. The molecule has 1 heterocycles. The van der Waals surface area contributed by atoms with Crippen molar-refractivity contribution in [2.24, 2.45) is 0 Å². The molecule has 26 heavy (non-hydrogen) atoms. The first-order valence-electron chi connectivity index (χ1n) is 7.92. The average Bonchev–Trinajstić information content (AvgIpc) is 3.02. The highest BCUT2D eigenvalue weighted by atomic mass is 35.5. The number of halogens is 2. The molecule has 0 bridgehead atoms. The maximum absolute atomic E-state index is 12.1. The minimum absolute atomic E-state index is 0.244. The molecule has 7 nitrogen and oxygen atoms in total. The number of hydrogen-bond acceptors (Lipinski definition) is 4. The molecule has 2 aromatic rings. The molecule has 0 fully saturated rings. The van der Waals surface area contributed by atoms with Crippen molar-refractivity contribution < 1.29 is 14.3 Å². The lowest BCUT2D eigenvalue weighted by Gasteiger charge is -2.19. The highest BCUT2D eigenvalue weighted by molar-refractivity contribution is 6.42. The van der Waals surface area contributed by atoms with Crippen LogP contribution in [0, 0.1) is 0 Å². The monoisotopic (exact) mass is 398 g/mol. The summed E-state index contributed by atoms with van der Waals surface area (Å²) in [5.41, 5.74) is 0.364. The molecule has 1 aromatic heterocycles. The van der Waals surface area contributed by atoms with Crippen molar-refractivity contribution in [3.63, 3.8) is 0 Å². The van der Waals surface area contributed by atoms with Gasteiger partial charge in [0.15, 0.2) is 5.69 Å². The third-order valence-corrected chi connectivity index (χ3v) is 3.81. The molecule has 0 aliphatic rings. The van der Waals surface area contributed by atoms with Crippen LogP contribution in [-0.2, 0) is 4.74 Å². The normalized spacial score (nSPS) is 11.1. The van der Waals surface area contributed by atoms with Crippen LogP contribution in [0.5, 0.6) is 0 Å². The van der Waals surface area contributed by atoms with Gasteiger partial charge in [-0.05, 0) is 45.0 Å². The molecule has 0 spiro atoms. The van der Waals surface area contributed by atoms with E-state index in [1.807, 2.05) is 0 Å². The lowest BCUT2D eigenvalue weighted by molar-refractivity contribution is 0.0526. The Labute approximate surface area is 161 Å². The van der Waals surface area contributed by atoms with Crippen LogP contribution >= 0.6 is 23.2 Å². The largest absolute Gasteiger partial charge is 0.444 e. The minimum Gasteiger partial charge on any atom is -0.444 e. The van der Waals surface area contributed by atoms with Crippen LogP contribution in [0.15, 0.2) is 30.5 Å². The lowest BCUT2D eigenvalue weighted by Crippen LogP contribution is -2.37. The number of hydrogen-bond donors (Lipinski definition) is 2. The smallest absolute Gasteiger partial charge is 0.407 e. The predicted molar refractivity (Wildman–Crippen MR) is 100 cm³/mol. The topological polar surface area (TPSA) is 85.3 Å². The third-order valence-electron chi connectivity index (χ3n) is 3.07. The zero-order chi connectivity index (χ0) is 19.3. The van der Waals surface area contributed by atoms with E-state index in [0.717, 1.165) is 0 Å². The highest BCUT2D eigenvalue weighted by Crippen LogP contribution is 2.24. The van der Waals surface area contributed by atoms with Gasteiger partial charge in [-0.25, -0.2) is 9.48 Å². The summed E-state index contributed by atoms with van der Waals surface area (Å²) >= 11 is 11.9. The van der Waals surface area contributed by atoms with Crippen LogP contribution in [0.3, 0.4) is 0 Å². The van der Waals surface area contributed by atoms with Crippen molar-refractivity contribution >= 4 is 35.2 Å². The number of carbonyl (C=O) groups excluding carboxylic acids is 2. The number of nitrogens with zero attached hydrogens (tertiary/aromatic N) is 2. The van der Waals surface area contributed by atoms with E-state index >= 15 is 0 Å². The van der Waals surface area contributed by atoms with Gasteiger partial charge < -0.3 is 15.4 Å². The summed E-state index contributed by atoms with van der Waals surface area (Å²) in [6, 6.07) is 6.64. The Bertz CT molecular complexity index is 800. The molecule has 2 N–H and O–H groups in total. The molecule has 9 heteroatoms. The van der Waals surface area contributed by atoms with Gasteiger partial charge in [-0.1, -0.05) is 23.2 Å². The first-order chi connectivity index (χ1) is 12.2. The van der Waals surface area contributed by atoms with E-state index in [0.29, 0.717) is 15.7 Å². The SMILES string of the molecule is CC(C)(C)OC(=O)NCCNC(=O)c1ccn(-c2ccc(Cl)c(Cl)c2)n1. The van der Waals surface area contributed by atoms with Crippen LogP contribution in [0.4, 0.5) is 4.79 Å². The van der Waals surface area contributed by atoms with Gasteiger partial charge in [0.05, 0.1) is 15.7 Å². The molecule has 0 saturated carbocycles. The summed E-state index contributed by atoms with van der Waals surface area (Å²) in [5.74, 6) is -0.352. The van der Waals surface area contributed by atoms with E-state index in [2.05, 4.69) is 15.7 Å². The van der Waals surface area contributed by atoms with Gasteiger partial charge in [-0.15, -0.1) is 0 Å². The second-order valence-corrected chi connectivity index (χ2v) is 7.24. The number of nitrogens with one attached hydrogen (secondary N) is 2. The number of carbonyl (C=O) groups is 2. The Balaban J connectivity index is 1.84. The standard InChI is InChI=1S/C17H20Cl2N4O3/c1-17(2,3)26-16(25)21-8-7-20-15(24)14-6-9-23(22-14)11-4-5-12(18)13(19)10-11/h4-6,9-10H,7-8H2,1-3H3,(H,20,24)(H,21,25). The average molecular weight is 399 g/mol. The summed E-state index contributed by atoms with van der Waals surface area (Å²) in [6.45, 7) is 5.82. The zero-order valence-electron chi connectivity index (χ0n) is 14.7. The number of amides is 2. The first kappa shape index (κ1) is 20.1. The van der Waals surface area contributed by atoms with E-state index in [9.17, 15) is 9.59 Å². The molecule has 0 aliphatic heterocycles. The van der Waals surface area contributed by atoms with Gasteiger partial charge >= 0.3 is 6.09 Å².